The van der Waals surface area contributed by atoms with Gasteiger partial charge in [-0.05, 0) is 42.0 Å². The van der Waals surface area contributed by atoms with Crippen LogP contribution in [0, 0.1) is 0 Å². The average Bonchev–Trinajstić information content (AvgIpc) is 2.86. The number of alkyl halides is 6. The maximum atomic E-state index is 13.1. The molecule has 1 aliphatic heterocycles. The molecule has 0 aliphatic carbocycles. The summed E-state index contributed by atoms with van der Waals surface area (Å²) < 4.78 is 70.2. The second-order valence-electron chi connectivity index (χ2n) is 8.12. The fraction of sp³-hybridized carbons (Fsp3) is 0.375. The number of carboxylic acids is 1. The van der Waals surface area contributed by atoms with E-state index >= 15 is 0 Å². The van der Waals surface area contributed by atoms with Gasteiger partial charge in [0.1, 0.15) is 0 Å². The van der Waals surface area contributed by atoms with Gasteiger partial charge in [0.15, 0.2) is 0 Å². The van der Waals surface area contributed by atoms with Crippen molar-refractivity contribution in [3.63, 3.8) is 0 Å². The van der Waals surface area contributed by atoms with E-state index in [0.717, 1.165) is 42.9 Å². The highest BCUT2D eigenvalue weighted by molar-refractivity contribution is 6.30. The number of amides is 2. The number of carboxylic acid groups (broad SMARTS) is 1. The maximum absolute atomic E-state index is 13.1. The lowest BCUT2D eigenvalue weighted by molar-refractivity contribution is -0.192. The van der Waals surface area contributed by atoms with Crippen LogP contribution in [0.1, 0.15) is 27.9 Å². The van der Waals surface area contributed by atoms with Crippen LogP contribution in [0.25, 0.3) is 0 Å². The number of hydrogen-bond donors (Lipinski definition) is 2. The van der Waals surface area contributed by atoms with Crippen molar-refractivity contribution in [1.82, 2.24) is 15.1 Å². The minimum atomic E-state index is -5.08. The van der Waals surface area contributed by atoms with Gasteiger partial charge in [0, 0.05) is 56.3 Å². The molecule has 1 saturated heterocycles. The third-order valence-corrected chi connectivity index (χ3v) is 5.55. The van der Waals surface area contributed by atoms with Crippen molar-refractivity contribution < 1.29 is 45.8 Å². The molecule has 2 aromatic carbocycles. The smallest absolute Gasteiger partial charge is 0.475 e. The molecular weight excluding hydrogens is 544 g/mol. The Kier molecular flexibility index (Phi) is 11.0. The molecular formula is C24H24ClF6N3O4. The highest BCUT2D eigenvalue weighted by Crippen LogP contribution is 2.29. The third-order valence-electron chi connectivity index (χ3n) is 5.32. The van der Waals surface area contributed by atoms with E-state index in [1.54, 1.807) is 29.2 Å². The first-order chi connectivity index (χ1) is 17.7. The molecule has 0 atom stereocenters. The third kappa shape index (κ3) is 9.86. The fourth-order valence-corrected chi connectivity index (χ4v) is 3.61. The number of nitrogens with one attached hydrogen (secondary N) is 1. The van der Waals surface area contributed by atoms with Gasteiger partial charge in [0.2, 0.25) is 5.91 Å². The van der Waals surface area contributed by atoms with E-state index in [-0.39, 0.29) is 31.0 Å². The van der Waals surface area contributed by atoms with Gasteiger partial charge in [0.25, 0.3) is 5.91 Å². The van der Waals surface area contributed by atoms with Gasteiger partial charge in [-0.1, -0.05) is 23.7 Å². The lowest BCUT2D eigenvalue weighted by Crippen LogP contribution is -2.47. The Labute approximate surface area is 219 Å². The zero-order chi connectivity index (χ0) is 28.5. The predicted molar refractivity (Wildman–Crippen MR) is 125 cm³/mol. The minimum absolute atomic E-state index is 0.0576. The van der Waals surface area contributed by atoms with Crippen molar-refractivity contribution in [1.29, 1.82) is 0 Å². The van der Waals surface area contributed by atoms with E-state index in [2.05, 4.69) is 5.32 Å². The highest BCUT2D eigenvalue weighted by Gasteiger charge is 2.38. The molecule has 208 valence electrons. The second kappa shape index (κ2) is 13.5. The van der Waals surface area contributed by atoms with Crippen LogP contribution in [0.5, 0.6) is 0 Å². The fourth-order valence-electron chi connectivity index (χ4n) is 3.40. The first-order valence-electron chi connectivity index (χ1n) is 11.2. The Bertz CT molecular complexity index is 1100. The van der Waals surface area contributed by atoms with Crippen LogP contribution in [0.3, 0.4) is 0 Å². The SMILES string of the molecule is O=C(CCN(Cc1cccc(Cl)c1)C(=O)c1ccc(C(F)(F)F)cc1)N1CCNCC1.O=C(O)C(F)(F)F. The molecule has 38 heavy (non-hydrogen) atoms. The molecule has 1 aliphatic rings. The molecule has 0 spiro atoms. The van der Waals surface area contributed by atoms with Gasteiger partial charge in [-0.2, -0.15) is 26.3 Å². The largest absolute Gasteiger partial charge is 0.490 e. The number of carbonyl (C=O) groups excluding carboxylic acids is 2. The lowest BCUT2D eigenvalue weighted by Gasteiger charge is -2.29. The molecule has 0 unspecified atom stereocenters. The predicted octanol–water partition coefficient (Wildman–Crippen LogP) is 4.46. The number of aliphatic carboxylic acids is 1. The summed E-state index contributed by atoms with van der Waals surface area (Å²) in [5.74, 6) is -3.26. The van der Waals surface area contributed by atoms with E-state index in [9.17, 15) is 35.9 Å². The molecule has 0 saturated carbocycles. The van der Waals surface area contributed by atoms with E-state index in [1.807, 2.05) is 0 Å². The monoisotopic (exact) mass is 567 g/mol. The standard InChI is InChI=1S/C22H23ClF3N3O2.C2HF3O2/c23-19-3-1-2-16(14-19)15-29(11-8-20(30)28-12-9-27-10-13-28)21(31)17-4-6-18(7-5-17)22(24,25)26;3-2(4,5)1(6)7/h1-7,14,27H,8-13,15H2;(H,6,7). The summed E-state index contributed by atoms with van der Waals surface area (Å²) in [6.45, 7) is 3.01. The Morgan fingerprint density at radius 3 is 2.05 bits per heavy atom. The van der Waals surface area contributed by atoms with Crippen molar-refractivity contribution in [2.75, 3.05) is 32.7 Å². The van der Waals surface area contributed by atoms with E-state index in [4.69, 9.17) is 21.5 Å². The van der Waals surface area contributed by atoms with Crippen LogP contribution in [0.15, 0.2) is 48.5 Å². The molecule has 2 aromatic rings. The molecule has 7 nitrogen and oxygen atoms in total. The maximum Gasteiger partial charge on any atom is 0.490 e. The van der Waals surface area contributed by atoms with E-state index in [1.165, 1.54) is 4.90 Å². The first kappa shape index (κ1) is 30.9. The van der Waals surface area contributed by atoms with Crippen molar-refractivity contribution in [2.24, 2.45) is 0 Å². The lowest BCUT2D eigenvalue weighted by atomic mass is 10.1. The summed E-state index contributed by atoms with van der Waals surface area (Å²) in [7, 11) is 0. The number of piperazine rings is 1. The number of rotatable bonds is 6. The number of carbonyl (C=O) groups is 3. The molecule has 2 N–H and O–H groups in total. The van der Waals surface area contributed by atoms with Crippen LogP contribution in [0.4, 0.5) is 26.3 Å². The van der Waals surface area contributed by atoms with Crippen LogP contribution in [-0.4, -0.2) is 71.6 Å². The minimum Gasteiger partial charge on any atom is -0.475 e. The Morgan fingerprint density at radius 1 is 0.974 bits per heavy atom. The van der Waals surface area contributed by atoms with E-state index in [0.29, 0.717) is 18.1 Å². The Morgan fingerprint density at radius 2 is 1.55 bits per heavy atom. The number of halogens is 7. The normalized spacial score (nSPS) is 13.8. The highest BCUT2D eigenvalue weighted by atomic mass is 35.5. The number of hydrogen-bond acceptors (Lipinski definition) is 4. The molecule has 1 fully saturated rings. The second-order valence-corrected chi connectivity index (χ2v) is 8.55. The number of benzene rings is 2. The van der Waals surface area contributed by atoms with Crippen molar-refractivity contribution in [3.8, 4) is 0 Å². The molecule has 1 heterocycles. The van der Waals surface area contributed by atoms with Gasteiger partial charge in [-0.15, -0.1) is 0 Å². The zero-order valence-corrected chi connectivity index (χ0v) is 20.5. The van der Waals surface area contributed by atoms with Crippen LogP contribution >= 0.6 is 11.6 Å². The van der Waals surface area contributed by atoms with Gasteiger partial charge >= 0.3 is 18.3 Å². The Hall–Kier alpha value is -3.32. The van der Waals surface area contributed by atoms with Gasteiger partial charge in [-0.25, -0.2) is 4.79 Å². The summed E-state index contributed by atoms with van der Waals surface area (Å²) in [6.07, 6.45) is -9.43. The number of nitrogens with zero attached hydrogens (tertiary/aromatic N) is 2. The first-order valence-corrected chi connectivity index (χ1v) is 11.6. The molecule has 0 aromatic heterocycles. The molecule has 0 bridgehead atoms. The van der Waals surface area contributed by atoms with E-state index < -0.39 is 29.8 Å². The molecule has 0 radical (unpaired) electrons. The molecule has 14 heteroatoms. The Balaban J connectivity index is 0.000000638. The van der Waals surface area contributed by atoms with Crippen LogP contribution < -0.4 is 5.32 Å². The van der Waals surface area contributed by atoms with Gasteiger partial charge in [0.05, 0.1) is 5.56 Å². The van der Waals surface area contributed by atoms with Crippen molar-refractivity contribution in [3.05, 3.63) is 70.2 Å². The topological polar surface area (TPSA) is 90.0 Å². The van der Waals surface area contributed by atoms with Gasteiger partial charge in [-0.3, -0.25) is 9.59 Å². The van der Waals surface area contributed by atoms with Crippen molar-refractivity contribution >= 4 is 29.4 Å². The van der Waals surface area contributed by atoms with Gasteiger partial charge < -0.3 is 20.2 Å². The molecule has 2 amide bonds. The summed E-state index contributed by atoms with van der Waals surface area (Å²) in [4.78, 5) is 37.7. The molecule has 3 rings (SSSR count). The average molecular weight is 568 g/mol. The summed E-state index contributed by atoms with van der Waals surface area (Å²) >= 11 is 6.04. The quantitative estimate of drug-likeness (QED) is 0.503. The summed E-state index contributed by atoms with van der Waals surface area (Å²) in [6, 6.07) is 11.1. The van der Waals surface area contributed by atoms with Crippen LogP contribution in [-0.2, 0) is 22.3 Å². The zero-order valence-electron chi connectivity index (χ0n) is 19.8. The summed E-state index contributed by atoms with van der Waals surface area (Å²) in [5, 5.41) is 10.8. The van der Waals surface area contributed by atoms with Crippen molar-refractivity contribution in [2.45, 2.75) is 25.3 Å². The van der Waals surface area contributed by atoms with Crippen LogP contribution in [0.2, 0.25) is 5.02 Å². The summed E-state index contributed by atoms with van der Waals surface area (Å²) in [5.41, 5.74) is 0.0753.